The number of benzene rings is 1. The fourth-order valence-electron chi connectivity index (χ4n) is 3.17. The normalized spacial score (nSPS) is 16.1. The molecule has 1 aromatic heterocycles. The Morgan fingerprint density at radius 2 is 1.87 bits per heavy atom. The number of rotatable bonds is 6. The lowest BCUT2D eigenvalue weighted by Gasteiger charge is -2.32. The maximum Gasteiger partial charge on any atom is 0.247 e. The molecule has 124 valence electrons. The van der Waals surface area contributed by atoms with E-state index in [-0.39, 0.29) is 6.61 Å². The van der Waals surface area contributed by atoms with Crippen LogP contribution in [0.15, 0.2) is 33.2 Å². The molecule has 0 bridgehead atoms. The van der Waals surface area contributed by atoms with Crippen molar-refractivity contribution in [3.05, 3.63) is 34.6 Å². The van der Waals surface area contributed by atoms with Gasteiger partial charge >= 0.3 is 0 Å². The molecule has 1 aliphatic rings. The lowest BCUT2D eigenvalue weighted by Crippen LogP contribution is -2.38. The van der Waals surface area contributed by atoms with Crippen LogP contribution >= 0.6 is 15.9 Å². The van der Waals surface area contributed by atoms with Gasteiger partial charge in [-0.3, -0.25) is 4.90 Å². The molecular weight excluding hydrogens is 358 g/mol. The summed E-state index contributed by atoms with van der Waals surface area (Å²) in [6.45, 7) is 1.42. The van der Waals surface area contributed by atoms with Crippen molar-refractivity contribution in [2.75, 3.05) is 13.2 Å². The van der Waals surface area contributed by atoms with E-state index in [1.807, 2.05) is 24.3 Å². The van der Waals surface area contributed by atoms with E-state index in [0.717, 1.165) is 10.0 Å². The van der Waals surface area contributed by atoms with Gasteiger partial charge in [0.05, 0.1) is 13.2 Å². The summed E-state index contributed by atoms with van der Waals surface area (Å²) in [5.41, 5.74) is 0.915. The fourth-order valence-corrected chi connectivity index (χ4v) is 3.43. The molecule has 1 saturated carbocycles. The van der Waals surface area contributed by atoms with E-state index in [0.29, 0.717) is 30.9 Å². The monoisotopic (exact) mass is 379 g/mol. The number of nitrogens with zero attached hydrogens (tertiary/aromatic N) is 3. The first-order valence-corrected chi connectivity index (χ1v) is 8.99. The highest BCUT2D eigenvalue weighted by atomic mass is 79.9. The zero-order valence-electron chi connectivity index (χ0n) is 13.1. The van der Waals surface area contributed by atoms with E-state index in [4.69, 9.17) is 4.42 Å². The zero-order valence-corrected chi connectivity index (χ0v) is 14.7. The largest absolute Gasteiger partial charge is 0.419 e. The Bertz CT molecular complexity index is 609. The molecule has 3 rings (SSSR count). The van der Waals surface area contributed by atoms with Gasteiger partial charge in [-0.15, -0.1) is 10.2 Å². The van der Waals surface area contributed by atoms with Gasteiger partial charge in [0.2, 0.25) is 11.8 Å². The van der Waals surface area contributed by atoms with Crippen LogP contribution in [0.3, 0.4) is 0 Å². The van der Waals surface area contributed by atoms with E-state index in [1.165, 1.54) is 32.1 Å². The number of hydrogen-bond donors (Lipinski definition) is 1. The molecule has 0 aliphatic heterocycles. The molecule has 1 aromatic carbocycles. The predicted octanol–water partition coefficient (Wildman–Crippen LogP) is 3.63. The minimum absolute atomic E-state index is 0.157. The Labute approximate surface area is 144 Å². The van der Waals surface area contributed by atoms with Gasteiger partial charge in [-0.1, -0.05) is 35.2 Å². The predicted molar refractivity (Wildman–Crippen MR) is 91.8 cm³/mol. The SMILES string of the molecule is OCCN(Cc1nnc(-c2ccc(Br)cc2)o1)C1CCCCC1. The maximum atomic E-state index is 9.34. The second-order valence-corrected chi connectivity index (χ2v) is 6.91. The van der Waals surface area contributed by atoms with Gasteiger partial charge < -0.3 is 9.52 Å². The Morgan fingerprint density at radius 1 is 1.13 bits per heavy atom. The summed E-state index contributed by atoms with van der Waals surface area (Å²) in [4.78, 5) is 2.28. The van der Waals surface area contributed by atoms with Crippen LogP contribution in [0, 0.1) is 0 Å². The standard InChI is InChI=1S/C17H22BrN3O2/c18-14-8-6-13(7-9-14)17-20-19-16(23-17)12-21(10-11-22)15-4-2-1-3-5-15/h6-9,15,22H,1-5,10-12H2. The van der Waals surface area contributed by atoms with E-state index in [2.05, 4.69) is 31.0 Å². The van der Waals surface area contributed by atoms with Gasteiger partial charge in [0, 0.05) is 22.6 Å². The fraction of sp³-hybridized carbons (Fsp3) is 0.529. The Kier molecular flexibility index (Phi) is 5.80. The average Bonchev–Trinajstić information content (AvgIpc) is 3.04. The molecule has 23 heavy (non-hydrogen) atoms. The van der Waals surface area contributed by atoms with Gasteiger partial charge in [0.1, 0.15) is 0 Å². The Hall–Kier alpha value is -1.24. The van der Waals surface area contributed by atoms with Crippen LogP contribution in [-0.4, -0.2) is 39.4 Å². The van der Waals surface area contributed by atoms with Gasteiger partial charge in [-0.25, -0.2) is 0 Å². The van der Waals surface area contributed by atoms with Crippen LogP contribution in [0.1, 0.15) is 38.0 Å². The summed E-state index contributed by atoms with van der Waals surface area (Å²) in [5, 5.41) is 17.7. The van der Waals surface area contributed by atoms with E-state index >= 15 is 0 Å². The highest BCUT2D eigenvalue weighted by Crippen LogP contribution is 2.25. The van der Waals surface area contributed by atoms with Crippen molar-refractivity contribution in [2.45, 2.75) is 44.7 Å². The smallest absolute Gasteiger partial charge is 0.247 e. The van der Waals surface area contributed by atoms with Crippen molar-refractivity contribution in [2.24, 2.45) is 0 Å². The third kappa shape index (κ3) is 4.40. The first-order chi connectivity index (χ1) is 11.3. The van der Waals surface area contributed by atoms with Crippen LogP contribution in [0.25, 0.3) is 11.5 Å². The minimum atomic E-state index is 0.157. The van der Waals surface area contributed by atoms with E-state index in [9.17, 15) is 5.11 Å². The first kappa shape index (κ1) is 16.6. The first-order valence-electron chi connectivity index (χ1n) is 8.19. The number of hydrogen-bond acceptors (Lipinski definition) is 5. The summed E-state index contributed by atoms with van der Waals surface area (Å²) in [5.74, 6) is 1.15. The Morgan fingerprint density at radius 3 is 2.57 bits per heavy atom. The van der Waals surface area contributed by atoms with Gasteiger partial charge in [0.25, 0.3) is 0 Å². The van der Waals surface area contributed by atoms with E-state index in [1.54, 1.807) is 0 Å². The minimum Gasteiger partial charge on any atom is -0.419 e. The van der Waals surface area contributed by atoms with E-state index < -0.39 is 0 Å². The molecule has 1 aliphatic carbocycles. The molecule has 0 atom stereocenters. The van der Waals surface area contributed by atoms with Crippen LogP contribution < -0.4 is 0 Å². The van der Waals surface area contributed by atoms with Gasteiger partial charge in [-0.2, -0.15) is 0 Å². The van der Waals surface area contributed by atoms with Crippen LogP contribution in [0.2, 0.25) is 0 Å². The van der Waals surface area contributed by atoms with Crippen LogP contribution in [-0.2, 0) is 6.54 Å². The summed E-state index contributed by atoms with van der Waals surface area (Å²) in [7, 11) is 0. The second-order valence-electron chi connectivity index (χ2n) is 5.99. The van der Waals surface area contributed by atoms with Crippen molar-refractivity contribution < 1.29 is 9.52 Å². The van der Waals surface area contributed by atoms with Crippen molar-refractivity contribution in [1.29, 1.82) is 0 Å². The van der Waals surface area contributed by atoms with Crippen molar-refractivity contribution in [3.63, 3.8) is 0 Å². The molecule has 1 fully saturated rings. The average molecular weight is 380 g/mol. The summed E-state index contributed by atoms with van der Waals surface area (Å²) in [6, 6.07) is 8.33. The molecule has 0 amide bonds. The molecule has 5 nitrogen and oxygen atoms in total. The summed E-state index contributed by atoms with van der Waals surface area (Å²) < 4.78 is 6.84. The second kappa shape index (κ2) is 8.04. The summed E-state index contributed by atoms with van der Waals surface area (Å²) >= 11 is 3.42. The molecule has 1 N–H and O–H groups in total. The molecule has 2 aromatic rings. The third-order valence-electron chi connectivity index (χ3n) is 4.37. The van der Waals surface area contributed by atoms with Crippen LogP contribution in [0.5, 0.6) is 0 Å². The maximum absolute atomic E-state index is 9.34. The topological polar surface area (TPSA) is 62.4 Å². The zero-order chi connectivity index (χ0) is 16.1. The quantitative estimate of drug-likeness (QED) is 0.829. The molecule has 0 unspecified atom stereocenters. The lowest BCUT2D eigenvalue weighted by atomic mass is 9.94. The number of aliphatic hydroxyl groups excluding tert-OH is 1. The third-order valence-corrected chi connectivity index (χ3v) is 4.90. The summed E-state index contributed by atoms with van der Waals surface area (Å²) in [6.07, 6.45) is 6.22. The number of aromatic nitrogens is 2. The van der Waals surface area contributed by atoms with Crippen molar-refractivity contribution in [1.82, 2.24) is 15.1 Å². The number of halogens is 1. The number of aliphatic hydroxyl groups is 1. The molecule has 0 radical (unpaired) electrons. The van der Waals surface area contributed by atoms with Crippen molar-refractivity contribution >= 4 is 15.9 Å². The highest BCUT2D eigenvalue weighted by Gasteiger charge is 2.22. The lowest BCUT2D eigenvalue weighted by molar-refractivity contribution is 0.108. The Balaban J connectivity index is 1.69. The molecule has 6 heteroatoms. The molecule has 0 spiro atoms. The van der Waals surface area contributed by atoms with Crippen molar-refractivity contribution in [3.8, 4) is 11.5 Å². The molecular formula is C17H22BrN3O2. The van der Waals surface area contributed by atoms with Gasteiger partial charge in [-0.05, 0) is 37.1 Å². The van der Waals surface area contributed by atoms with Crippen LogP contribution in [0.4, 0.5) is 0 Å². The van der Waals surface area contributed by atoms with Gasteiger partial charge in [0.15, 0.2) is 0 Å². The molecule has 1 heterocycles. The molecule has 0 saturated heterocycles. The highest BCUT2D eigenvalue weighted by molar-refractivity contribution is 9.10.